The molecule has 5 aliphatic rings. The van der Waals surface area contributed by atoms with Crippen LogP contribution in [0.1, 0.15) is 226 Å². The Morgan fingerprint density at radius 2 is 0.700 bits per heavy atom. The van der Waals surface area contributed by atoms with Crippen LogP contribution < -0.4 is 0 Å². The summed E-state index contributed by atoms with van der Waals surface area (Å²) >= 11 is 15.1. The maximum atomic E-state index is 7.53. The lowest BCUT2D eigenvalue weighted by atomic mass is 9.42. The Kier molecular flexibility index (Phi) is 18.0. The molecular formula is C46H82Cl2O2. The van der Waals surface area contributed by atoms with Gasteiger partial charge in [-0.05, 0) is 146 Å². The zero-order valence-electron chi connectivity index (χ0n) is 33.3. The number of rotatable bonds is 22. The van der Waals surface area contributed by atoms with Gasteiger partial charge in [0.2, 0.25) is 0 Å². The van der Waals surface area contributed by atoms with Crippen molar-refractivity contribution in [1.82, 2.24) is 0 Å². The van der Waals surface area contributed by atoms with E-state index in [4.69, 9.17) is 32.7 Å². The molecule has 2 spiro atoms. The van der Waals surface area contributed by atoms with Crippen LogP contribution in [-0.4, -0.2) is 29.8 Å². The molecule has 0 saturated heterocycles. The van der Waals surface area contributed by atoms with E-state index in [-0.39, 0.29) is 10.8 Å². The Hall–Kier alpha value is 0.500. The lowest BCUT2D eigenvalue weighted by Crippen LogP contribution is -2.66. The minimum absolute atomic E-state index is 0.195. The van der Waals surface area contributed by atoms with E-state index >= 15 is 0 Å². The zero-order valence-corrected chi connectivity index (χ0v) is 34.8. The normalized spacial score (nSPS) is 35.8. The van der Waals surface area contributed by atoms with Crippen molar-refractivity contribution < 1.29 is 9.47 Å². The van der Waals surface area contributed by atoms with Crippen molar-refractivity contribution in [2.45, 2.75) is 242 Å². The number of alkyl halides is 2. The minimum Gasteiger partial charge on any atom is -0.378 e. The van der Waals surface area contributed by atoms with Gasteiger partial charge in [-0.2, -0.15) is 0 Å². The molecule has 50 heavy (non-hydrogen) atoms. The largest absolute Gasteiger partial charge is 0.378 e. The number of ether oxygens (including phenoxy) is 2. The second-order valence-electron chi connectivity index (χ2n) is 18.8. The Balaban J connectivity index is 0.910. The summed E-state index contributed by atoms with van der Waals surface area (Å²) in [7, 11) is 0. The highest BCUT2D eigenvalue weighted by molar-refractivity contribution is 6.50. The molecule has 0 aliphatic heterocycles. The maximum absolute atomic E-state index is 7.53. The lowest BCUT2D eigenvalue weighted by molar-refractivity contribution is -0.123. The van der Waals surface area contributed by atoms with E-state index in [0.29, 0.717) is 12.2 Å². The fourth-order valence-corrected chi connectivity index (χ4v) is 13.1. The lowest BCUT2D eigenvalue weighted by Gasteiger charge is -2.69. The highest BCUT2D eigenvalue weighted by Gasteiger charge is 2.72. The number of hydrogen-bond acceptors (Lipinski definition) is 2. The predicted molar refractivity (Wildman–Crippen MR) is 216 cm³/mol. The van der Waals surface area contributed by atoms with Gasteiger partial charge in [-0.15, -0.1) is 23.2 Å². The SMILES string of the molecule is CCCCCCCCCCOC1CCC(C2CCC3(CC2)CC2(CCC(C4CCC(OCCCCCCCCCC)CC4)CC2)C3(Cl)Cl)CC1. The first-order valence-corrected chi connectivity index (χ1v) is 23.8. The highest BCUT2D eigenvalue weighted by Crippen LogP contribution is 2.77. The molecule has 0 N–H and O–H groups in total. The molecule has 292 valence electrons. The fourth-order valence-electron chi connectivity index (χ4n) is 12.1. The van der Waals surface area contributed by atoms with Gasteiger partial charge in [0.1, 0.15) is 4.33 Å². The van der Waals surface area contributed by atoms with E-state index in [1.165, 1.54) is 212 Å². The average molecular weight is 738 g/mol. The van der Waals surface area contributed by atoms with Crippen LogP contribution >= 0.6 is 23.2 Å². The molecule has 5 rings (SSSR count). The molecule has 4 heteroatoms. The van der Waals surface area contributed by atoms with E-state index in [2.05, 4.69) is 13.8 Å². The molecule has 2 nitrogen and oxygen atoms in total. The number of unbranched alkanes of at least 4 members (excludes halogenated alkanes) is 14. The van der Waals surface area contributed by atoms with E-state index in [1.807, 2.05) is 0 Å². The van der Waals surface area contributed by atoms with Crippen molar-refractivity contribution in [3.8, 4) is 0 Å². The summed E-state index contributed by atoms with van der Waals surface area (Å²) in [6, 6.07) is 0. The van der Waals surface area contributed by atoms with Crippen molar-refractivity contribution in [3.63, 3.8) is 0 Å². The van der Waals surface area contributed by atoms with Crippen LogP contribution in [0.5, 0.6) is 0 Å². The van der Waals surface area contributed by atoms with Gasteiger partial charge in [0.15, 0.2) is 0 Å². The third-order valence-electron chi connectivity index (χ3n) is 15.5. The fraction of sp³-hybridized carbons (Fsp3) is 1.00. The molecule has 0 aromatic heterocycles. The van der Waals surface area contributed by atoms with E-state index in [9.17, 15) is 0 Å². The van der Waals surface area contributed by atoms with Gasteiger partial charge in [-0.25, -0.2) is 0 Å². The summed E-state index contributed by atoms with van der Waals surface area (Å²) in [6.07, 6.45) is 45.6. The van der Waals surface area contributed by atoms with Gasteiger partial charge in [0.25, 0.3) is 0 Å². The molecule has 0 aromatic rings. The average Bonchev–Trinajstić information content (AvgIpc) is 3.14. The van der Waals surface area contributed by atoms with Crippen molar-refractivity contribution in [2.75, 3.05) is 13.2 Å². The summed E-state index contributed by atoms with van der Waals surface area (Å²) in [5, 5.41) is 0. The maximum Gasteiger partial charge on any atom is 0.129 e. The quantitative estimate of drug-likeness (QED) is 0.0814. The van der Waals surface area contributed by atoms with Crippen LogP contribution in [0.25, 0.3) is 0 Å². The summed E-state index contributed by atoms with van der Waals surface area (Å²) in [6.45, 7) is 6.58. The van der Waals surface area contributed by atoms with E-state index in [1.54, 1.807) is 0 Å². The van der Waals surface area contributed by atoms with E-state index < -0.39 is 4.33 Å². The van der Waals surface area contributed by atoms with E-state index in [0.717, 1.165) is 36.9 Å². The second-order valence-corrected chi connectivity index (χ2v) is 20.1. The Labute approximate surface area is 321 Å². The molecule has 0 amide bonds. The Morgan fingerprint density at radius 1 is 0.400 bits per heavy atom. The molecule has 5 saturated carbocycles. The van der Waals surface area contributed by atoms with Crippen molar-refractivity contribution in [3.05, 3.63) is 0 Å². The molecule has 0 atom stereocenters. The first-order chi connectivity index (χ1) is 24.4. The topological polar surface area (TPSA) is 18.5 Å². The first-order valence-electron chi connectivity index (χ1n) is 23.0. The van der Waals surface area contributed by atoms with Gasteiger partial charge in [-0.1, -0.05) is 104 Å². The van der Waals surface area contributed by atoms with Crippen molar-refractivity contribution in [2.24, 2.45) is 34.5 Å². The monoisotopic (exact) mass is 737 g/mol. The summed E-state index contributed by atoms with van der Waals surface area (Å²) in [5.41, 5.74) is 0.389. The number of hydrogen-bond donors (Lipinski definition) is 0. The van der Waals surface area contributed by atoms with Crippen LogP contribution in [0.3, 0.4) is 0 Å². The Morgan fingerprint density at radius 3 is 1.02 bits per heavy atom. The van der Waals surface area contributed by atoms with Crippen molar-refractivity contribution >= 4 is 23.2 Å². The second kappa shape index (κ2) is 21.6. The van der Waals surface area contributed by atoms with Crippen molar-refractivity contribution in [1.29, 1.82) is 0 Å². The third-order valence-corrected chi connectivity index (χ3v) is 17.1. The minimum atomic E-state index is -0.502. The molecule has 0 heterocycles. The molecular weight excluding hydrogens is 655 g/mol. The summed E-state index contributed by atoms with van der Waals surface area (Å²) < 4.78 is 12.2. The third kappa shape index (κ3) is 11.3. The van der Waals surface area contributed by atoms with Crippen LogP contribution in [0, 0.1) is 34.5 Å². The van der Waals surface area contributed by atoms with Crippen LogP contribution in [0.4, 0.5) is 0 Å². The summed E-state index contributed by atoms with van der Waals surface area (Å²) in [5.74, 6) is 3.60. The van der Waals surface area contributed by atoms with Gasteiger partial charge in [-0.3, -0.25) is 0 Å². The molecule has 0 radical (unpaired) electrons. The smallest absolute Gasteiger partial charge is 0.129 e. The van der Waals surface area contributed by atoms with Crippen LogP contribution in [0.15, 0.2) is 0 Å². The Bertz CT molecular complexity index is 818. The molecule has 5 aliphatic carbocycles. The van der Waals surface area contributed by atoms with Gasteiger partial charge in [0.05, 0.1) is 12.2 Å². The molecule has 5 fully saturated rings. The van der Waals surface area contributed by atoms with Crippen LogP contribution in [-0.2, 0) is 9.47 Å². The molecule has 0 aromatic carbocycles. The summed E-state index contributed by atoms with van der Waals surface area (Å²) in [4.78, 5) is 0. The zero-order chi connectivity index (χ0) is 35.1. The highest BCUT2D eigenvalue weighted by atomic mass is 35.5. The van der Waals surface area contributed by atoms with Gasteiger partial charge in [0, 0.05) is 24.0 Å². The molecule has 0 bridgehead atoms. The first kappa shape index (κ1) is 41.7. The number of halogens is 2. The van der Waals surface area contributed by atoms with Crippen LogP contribution in [0.2, 0.25) is 0 Å². The molecule has 0 unspecified atom stereocenters. The predicted octanol–water partition coefficient (Wildman–Crippen LogP) is 15.3. The van der Waals surface area contributed by atoms with Gasteiger partial charge >= 0.3 is 0 Å². The standard InChI is InChI=1S/C46H82Cl2O2/c1-3-5-7-9-11-13-15-17-35-49-42-23-19-38(20-24-42)40-27-31-44(32-28-40)37-45(46(44,47)48)33-29-41(30-34-45)39-21-25-43(26-22-39)50-36-18-16-14-12-10-8-6-4-2/h38-43H,3-37H2,1-2H3. The van der Waals surface area contributed by atoms with Gasteiger partial charge < -0.3 is 9.47 Å².